The number of carbonyl (C=O) groups excluding carboxylic acids is 2. The Kier molecular flexibility index (Phi) is 8.19. The maximum atomic E-state index is 12.6. The predicted octanol–water partition coefficient (Wildman–Crippen LogP) is 4.46. The van der Waals surface area contributed by atoms with Crippen molar-refractivity contribution in [3.05, 3.63) is 95.7 Å². The molecule has 37 heavy (non-hydrogen) atoms. The topological polar surface area (TPSA) is 116 Å². The van der Waals surface area contributed by atoms with Gasteiger partial charge in [-0.15, -0.1) is 0 Å². The van der Waals surface area contributed by atoms with Gasteiger partial charge >= 0.3 is 0 Å². The Balaban J connectivity index is 1.35. The van der Waals surface area contributed by atoms with E-state index in [-0.39, 0.29) is 18.1 Å². The molecule has 0 radical (unpaired) electrons. The van der Waals surface area contributed by atoms with Crippen molar-refractivity contribution in [3.63, 3.8) is 0 Å². The van der Waals surface area contributed by atoms with E-state index in [1.807, 2.05) is 54.7 Å². The van der Waals surface area contributed by atoms with E-state index in [9.17, 15) is 14.9 Å². The lowest BCUT2D eigenvalue weighted by atomic mass is 10.1. The zero-order valence-electron chi connectivity index (χ0n) is 20.3. The molecule has 4 rings (SSSR count). The highest BCUT2D eigenvalue weighted by atomic mass is 16.5. The predicted molar refractivity (Wildman–Crippen MR) is 142 cm³/mol. The number of fused-ring (bicyclic) bond motifs is 1. The van der Waals surface area contributed by atoms with Crippen LogP contribution >= 0.6 is 0 Å². The Morgan fingerprint density at radius 1 is 1.03 bits per heavy atom. The average molecular weight is 495 g/mol. The molecule has 0 unspecified atom stereocenters. The molecule has 186 valence electrons. The average Bonchev–Trinajstić information content (AvgIpc) is 3.34. The van der Waals surface area contributed by atoms with Crippen LogP contribution in [0.15, 0.2) is 84.6 Å². The SMILES string of the molecule is COc1cc(/C=C(/C#N)C(=O)NCCc2c[nH]c3ccccc23)ccc1OCC(=O)Nc1ccccc1. The normalized spacial score (nSPS) is 11.0. The number of aromatic nitrogens is 1. The van der Waals surface area contributed by atoms with Crippen LogP contribution in [0.3, 0.4) is 0 Å². The fraction of sp³-hybridized carbons (Fsp3) is 0.138. The lowest BCUT2D eigenvalue weighted by Gasteiger charge is -2.12. The first-order valence-corrected chi connectivity index (χ1v) is 11.7. The van der Waals surface area contributed by atoms with Gasteiger partial charge in [-0.3, -0.25) is 9.59 Å². The Hall–Kier alpha value is -5.03. The summed E-state index contributed by atoms with van der Waals surface area (Å²) < 4.78 is 11.0. The highest BCUT2D eigenvalue weighted by molar-refractivity contribution is 6.01. The fourth-order valence-electron chi connectivity index (χ4n) is 3.81. The Morgan fingerprint density at radius 3 is 2.59 bits per heavy atom. The summed E-state index contributed by atoms with van der Waals surface area (Å²) in [5.41, 5.74) is 3.36. The van der Waals surface area contributed by atoms with Gasteiger partial charge in [0.25, 0.3) is 11.8 Å². The molecule has 0 saturated carbocycles. The van der Waals surface area contributed by atoms with Gasteiger partial charge in [-0.05, 0) is 54.0 Å². The summed E-state index contributed by atoms with van der Waals surface area (Å²) in [7, 11) is 1.47. The van der Waals surface area contributed by atoms with E-state index in [2.05, 4.69) is 15.6 Å². The van der Waals surface area contributed by atoms with Gasteiger partial charge < -0.3 is 25.1 Å². The van der Waals surface area contributed by atoms with E-state index in [0.29, 0.717) is 35.7 Å². The van der Waals surface area contributed by atoms with Crippen molar-refractivity contribution in [1.82, 2.24) is 10.3 Å². The molecule has 8 nitrogen and oxygen atoms in total. The second kappa shape index (κ2) is 12.1. The van der Waals surface area contributed by atoms with Gasteiger partial charge in [-0.25, -0.2) is 0 Å². The maximum absolute atomic E-state index is 12.6. The molecular weight excluding hydrogens is 468 g/mol. The fourth-order valence-corrected chi connectivity index (χ4v) is 3.81. The number of nitrogens with zero attached hydrogens (tertiary/aromatic N) is 1. The first kappa shape index (κ1) is 25.1. The van der Waals surface area contributed by atoms with Crippen LogP contribution in [0.25, 0.3) is 17.0 Å². The van der Waals surface area contributed by atoms with Crippen LogP contribution in [0.5, 0.6) is 11.5 Å². The minimum Gasteiger partial charge on any atom is -0.493 e. The standard InChI is InChI=1S/C29H26N4O4/c1-36-27-16-20(11-12-26(27)37-19-28(34)33-23-7-3-2-4-8-23)15-22(17-30)29(35)31-14-13-21-18-32-25-10-6-5-9-24(21)25/h2-12,15-16,18,32H,13-14,19H2,1H3,(H,31,35)(H,33,34)/b22-15-. The van der Waals surface area contributed by atoms with Crippen molar-refractivity contribution in [2.45, 2.75) is 6.42 Å². The highest BCUT2D eigenvalue weighted by Gasteiger charge is 2.12. The molecule has 4 aromatic rings. The molecule has 1 aromatic heterocycles. The first-order chi connectivity index (χ1) is 18.1. The van der Waals surface area contributed by atoms with Gasteiger partial charge in [0.2, 0.25) is 0 Å². The van der Waals surface area contributed by atoms with E-state index in [4.69, 9.17) is 9.47 Å². The molecule has 0 spiro atoms. The zero-order chi connectivity index (χ0) is 26.0. The number of aromatic amines is 1. The number of benzene rings is 3. The lowest BCUT2D eigenvalue weighted by molar-refractivity contribution is -0.118. The Bertz CT molecular complexity index is 1470. The third kappa shape index (κ3) is 6.55. The van der Waals surface area contributed by atoms with E-state index < -0.39 is 5.91 Å². The van der Waals surface area contributed by atoms with Crippen LogP contribution in [0, 0.1) is 11.3 Å². The van der Waals surface area contributed by atoms with Gasteiger partial charge in [0.05, 0.1) is 7.11 Å². The van der Waals surface area contributed by atoms with Gasteiger partial charge in [0.15, 0.2) is 18.1 Å². The maximum Gasteiger partial charge on any atom is 0.262 e. The van der Waals surface area contributed by atoms with E-state index in [1.54, 1.807) is 30.3 Å². The van der Waals surface area contributed by atoms with Crippen LogP contribution in [0.1, 0.15) is 11.1 Å². The van der Waals surface area contributed by atoms with Crippen LogP contribution < -0.4 is 20.1 Å². The third-order valence-corrected chi connectivity index (χ3v) is 5.63. The molecule has 0 aliphatic heterocycles. The summed E-state index contributed by atoms with van der Waals surface area (Å²) in [5, 5.41) is 16.2. The van der Waals surface area contributed by atoms with Crippen LogP contribution in [-0.2, 0) is 16.0 Å². The van der Waals surface area contributed by atoms with Crippen LogP contribution in [-0.4, -0.2) is 37.1 Å². The van der Waals surface area contributed by atoms with Gasteiger partial charge in [-0.1, -0.05) is 42.5 Å². The van der Waals surface area contributed by atoms with Gasteiger partial charge in [0, 0.05) is 29.3 Å². The summed E-state index contributed by atoms with van der Waals surface area (Å²) in [6, 6.07) is 23.9. The molecule has 0 bridgehead atoms. The number of amides is 2. The van der Waals surface area contributed by atoms with Crippen molar-refractivity contribution in [3.8, 4) is 17.6 Å². The number of nitrogens with one attached hydrogen (secondary N) is 3. The zero-order valence-corrected chi connectivity index (χ0v) is 20.3. The number of anilines is 1. The van der Waals surface area contributed by atoms with Crippen molar-refractivity contribution in [2.24, 2.45) is 0 Å². The number of hydrogen-bond acceptors (Lipinski definition) is 5. The second-order valence-corrected chi connectivity index (χ2v) is 8.15. The quantitative estimate of drug-likeness (QED) is 0.222. The molecule has 3 aromatic carbocycles. The molecule has 3 N–H and O–H groups in total. The van der Waals surface area contributed by atoms with Crippen molar-refractivity contribution >= 4 is 34.5 Å². The summed E-state index contributed by atoms with van der Waals surface area (Å²) >= 11 is 0. The van der Waals surface area contributed by atoms with E-state index in [1.165, 1.54) is 13.2 Å². The van der Waals surface area contributed by atoms with E-state index >= 15 is 0 Å². The Morgan fingerprint density at radius 2 is 1.81 bits per heavy atom. The number of ether oxygens (including phenoxy) is 2. The van der Waals surface area contributed by atoms with Gasteiger partial charge in [0.1, 0.15) is 11.6 Å². The molecular formula is C29H26N4O4. The van der Waals surface area contributed by atoms with Crippen LogP contribution in [0.4, 0.5) is 5.69 Å². The van der Waals surface area contributed by atoms with Crippen LogP contribution in [0.2, 0.25) is 0 Å². The number of nitriles is 1. The molecule has 2 amide bonds. The second-order valence-electron chi connectivity index (χ2n) is 8.15. The van der Waals surface area contributed by atoms with Crippen molar-refractivity contribution in [1.29, 1.82) is 5.26 Å². The number of hydrogen-bond donors (Lipinski definition) is 3. The monoisotopic (exact) mass is 494 g/mol. The highest BCUT2D eigenvalue weighted by Crippen LogP contribution is 2.29. The number of rotatable bonds is 10. The number of H-pyrrole nitrogens is 1. The number of methoxy groups -OCH3 is 1. The summed E-state index contributed by atoms with van der Waals surface area (Å²) in [5.74, 6) is -0.0321. The molecule has 0 aliphatic rings. The minimum absolute atomic E-state index is 0.0307. The Labute approximate surface area is 214 Å². The van der Waals surface area contributed by atoms with Crippen molar-refractivity contribution in [2.75, 3.05) is 25.6 Å². The lowest BCUT2D eigenvalue weighted by Crippen LogP contribution is -2.26. The molecule has 8 heteroatoms. The number of para-hydroxylation sites is 2. The molecule has 0 saturated heterocycles. The first-order valence-electron chi connectivity index (χ1n) is 11.7. The molecule has 0 aliphatic carbocycles. The molecule has 0 fully saturated rings. The largest absolute Gasteiger partial charge is 0.493 e. The summed E-state index contributed by atoms with van der Waals surface area (Å²) in [6.07, 6.45) is 4.04. The third-order valence-electron chi connectivity index (χ3n) is 5.63. The summed E-state index contributed by atoms with van der Waals surface area (Å²) in [6.45, 7) is 0.184. The van der Waals surface area contributed by atoms with Crippen molar-refractivity contribution < 1.29 is 19.1 Å². The smallest absolute Gasteiger partial charge is 0.262 e. The molecule has 1 heterocycles. The molecule has 0 atom stereocenters. The number of carbonyl (C=O) groups is 2. The summed E-state index contributed by atoms with van der Waals surface area (Å²) in [4.78, 5) is 28.0. The minimum atomic E-state index is -0.459. The van der Waals surface area contributed by atoms with E-state index in [0.717, 1.165) is 16.5 Å². The van der Waals surface area contributed by atoms with Gasteiger partial charge in [-0.2, -0.15) is 5.26 Å².